The highest BCUT2D eigenvalue weighted by atomic mass is 32.1. The van der Waals surface area contributed by atoms with Crippen LogP contribution in [-0.2, 0) is 0 Å². The van der Waals surface area contributed by atoms with Gasteiger partial charge in [0, 0.05) is 18.0 Å². The van der Waals surface area contributed by atoms with Crippen LogP contribution in [0.5, 0.6) is 0 Å². The van der Waals surface area contributed by atoms with Crippen molar-refractivity contribution in [2.24, 2.45) is 10.1 Å². The van der Waals surface area contributed by atoms with E-state index < -0.39 is 0 Å². The van der Waals surface area contributed by atoms with Gasteiger partial charge in [-0.05, 0) is 16.7 Å². The van der Waals surface area contributed by atoms with Crippen LogP contribution in [0.3, 0.4) is 0 Å². The van der Waals surface area contributed by atoms with E-state index in [1.54, 1.807) is 18.4 Å². The van der Waals surface area contributed by atoms with E-state index in [9.17, 15) is 0 Å². The molecule has 4 heteroatoms. The second-order valence-corrected chi connectivity index (χ2v) is 6.87. The molecule has 0 spiro atoms. The molecule has 3 nitrogen and oxygen atoms in total. The molecule has 132 valence electrons. The van der Waals surface area contributed by atoms with Gasteiger partial charge in [0.15, 0.2) is 0 Å². The van der Waals surface area contributed by atoms with Crippen LogP contribution in [0.2, 0.25) is 0 Å². The summed E-state index contributed by atoms with van der Waals surface area (Å²) in [6.07, 6.45) is 1.88. The lowest BCUT2D eigenvalue weighted by Gasteiger charge is -2.04. The Morgan fingerprint density at radius 1 is 0.741 bits per heavy atom. The lowest BCUT2D eigenvalue weighted by atomic mass is 10.0. The number of hydrogen-bond acceptors (Lipinski definition) is 3. The van der Waals surface area contributed by atoms with Gasteiger partial charge in [-0.3, -0.25) is 4.99 Å². The molecule has 3 aromatic carbocycles. The van der Waals surface area contributed by atoms with E-state index >= 15 is 0 Å². The smallest absolute Gasteiger partial charge is 0.205 e. The lowest BCUT2D eigenvalue weighted by Crippen LogP contribution is -2.11. The van der Waals surface area contributed by atoms with E-state index in [0.717, 1.165) is 21.6 Å². The third kappa shape index (κ3) is 3.81. The number of hydrogen-bond donors (Lipinski definition) is 0. The van der Waals surface area contributed by atoms with E-state index in [1.165, 1.54) is 11.1 Å². The van der Waals surface area contributed by atoms with Crippen LogP contribution in [0.1, 0.15) is 5.56 Å². The van der Waals surface area contributed by atoms with Crippen LogP contribution in [0, 0.1) is 0 Å². The van der Waals surface area contributed by atoms with Crippen molar-refractivity contribution in [2.75, 3.05) is 7.05 Å². The van der Waals surface area contributed by atoms with Crippen LogP contribution in [0.15, 0.2) is 100 Å². The Bertz CT molecular complexity index is 1110. The summed E-state index contributed by atoms with van der Waals surface area (Å²) in [7, 11) is 1.79. The monoisotopic (exact) mass is 369 g/mol. The molecule has 1 aromatic heterocycles. The maximum absolute atomic E-state index is 4.69. The largest absolute Gasteiger partial charge is 0.261 e. The van der Waals surface area contributed by atoms with Crippen LogP contribution in [0.25, 0.3) is 22.4 Å². The normalized spacial score (nSPS) is 12.0. The number of aromatic nitrogens is 1. The second kappa shape index (κ2) is 7.98. The summed E-state index contributed by atoms with van der Waals surface area (Å²) in [6.45, 7) is 0. The minimum atomic E-state index is 0.867. The summed E-state index contributed by atoms with van der Waals surface area (Å²) in [5, 5.41) is 6.79. The van der Waals surface area contributed by atoms with E-state index in [-0.39, 0.29) is 0 Å². The fraction of sp³-hybridized carbons (Fsp3) is 0.0435. The minimum absolute atomic E-state index is 0.867. The average molecular weight is 369 g/mol. The van der Waals surface area contributed by atoms with Crippen molar-refractivity contribution in [1.29, 1.82) is 0 Å². The molecule has 4 rings (SSSR count). The van der Waals surface area contributed by atoms with Crippen molar-refractivity contribution < 1.29 is 0 Å². The fourth-order valence-corrected chi connectivity index (χ4v) is 3.69. The predicted octanol–water partition coefficient (Wildman–Crippen LogP) is 5.30. The number of rotatable bonds is 4. The summed E-state index contributed by atoms with van der Waals surface area (Å²) < 4.78 is 1.89. The van der Waals surface area contributed by atoms with E-state index in [4.69, 9.17) is 5.10 Å². The van der Waals surface area contributed by atoms with Crippen LogP contribution in [0.4, 0.5) is 0 Å². The van der Waals surface area contributed by atoms with Crippen molar-refractivity contribution in [3.63, 3.8) is 0 Å². The van der Waals surface area contributed by atoms with E-state index in [0.29, 0.717) is 0 Å². The second-order valence-electron chi connectivity index (χ2n) is 6.04. The van der Waals surface area contributed by atoms with E-state index in [2.05, 4.69) is 71.0 Å². The summed E-state index contributed by atoms with van der Waals surface area (Å²) in [5.41, 5.74) is 5.63. The van der Waals surface area contributed by atoms with Crippen molar-refractivity contribution in [2.45, 2.75) is 0 Å². The molecule has 0 unspecified atom stereocenters. The molecule has 0 aliphatic heterocycles. The number of nitrogens with zero attached hydrogens (tertiary/aromatic N) is 3. The Balaban J connectivity index is 1.65. The Morgan fingerprint density at radius 3 is 1.96 bits per heavy atom. The molecule has 0 saturated carbocycles. The molecule has 0 aliphatic carbocycles. The zero-order valence-electron chi connectivity index (χ0n) is 15.0. The molecular weight excluding hydrogens is 350 g/mol. The van der Waals surface area contributed by atoms with E-state index in [1.807, 2.05) is 35.2 Å². The van der Waals surface area contributed by atoms with Gasteiger partial charge >= 0.3 is 0 Å². The van der Waals surface area contributed by atoms with Gasteiger partial charge in [-0.25, -0.2) is 4.68 Å². The van der Waals surface area contributed by atoms with Crippen molar-refractivity contribution in [3.05, 3.63) is 101 Å². The molecule has 0 atom stereocenters. The highest BCUT2D eigenvalue weighted by Gasteiger charge is 2.06. The van der Waals surface area contributed by atoms with Gasteiger partial charge in [0.1, 0.15) is 0 Å². The highest BCUT2D eigenvalue weighted by Crippen LogP contribution is 2.20. The molecule has 0 N–H and O–H groups in total. The van der Waals surface area contributed by atoms with Crippen LogP contribution >= 0.6 is 11.3 Å². The van der Waals surface area contributed by atoms with Gasteiger partial charge in [-0.2, -0.15) is 5.10 Å². The van der Waals surface area contributed by atoms with Gasteiger partial charge in [-0.15, -0.1) is 11.3 Å². The molecule has 0 saturated heterocycles. The summed E-state index contributed by atoms with van der Waals surface area (Å²) >= 11 is 1.59. The molecule has 27 heavy (non-hydrogen) atoms. The SMILES string of the molecule is CN=c1scc(-c2ccccc2)n1/N=C\c1ccc(-c2ccccc2)cc1. The minimum Gasteiger partial charge on any atom is -0.261 e. The third-order valence-corrected chi connectivity index (χ3v) is 5.19. The predicted molar refractivity (Wildman–Crippen MR) is 114 cm³/mol. The molecule has 0 fully saturated rings. The summed E-state index contributed by atoms with van der Waals surface area (Å²) in [4.78, 5) is 5.22. The highest BCUT2D eigenvalue weighted by molar-refractivity contribution is 7.07. The Morgan fingerprint density at radius 2 is 1.33 bits per heavy atom. The van der Waals surface area contributed by atoms with Gasteiger partial charge in [0.25, 0.3) is 0 Å². The Labute approximate surface area is 162 Å². The van der Waals surface area contributed by atoms with Gasteiger partial charge in [-0.1, -0.05) is 84.9 Å². The topological polar surface area (TPSA) is 29.6 Å². The maximum atomic E-state index is 4.69. The van der Waals surface area contributed by atoms with Crippen molar-refractivity contribution in [1.82, 2.24) is 4.68 Å². The third-order valence-electron chi connectivity index (χ3n) is 4.29. The van der Waals surface area contributed by atoms with Crippen molar-refractivity contribution in [3.8, 4) is 22.4 Å². The number of thiazole rings is 1. The maximum Gasteiger partial charge on any atom is 0.205 e. The van der Waals surface area contributed by atoms with Gasteiger partial charge in [0.2, 0.25) is 4.80 Å². The molecule has 0 bridgehead atoms. The van der Waals surface area contributed by atoms with Crippen molar-refractivity contribution >= 4 is 17.6 Å². The zero-order valence-corrected chi connectivity index (χ0v) is 15.8. The summed E-state index contributed by atoms with van der Waals surface area (Å²) in [5.74, 6) is 0. The molecule has 1 heterocycles. The first-order valence-electron chi connectivity index (χ1n) is 8.74. The van der Waals surface area contributed by atoms with Crippen LogP contribution < -0.4 is 4.80 Å². The molecule has 0 aliphatic rings. The standard InChI is InChI=1S/C23H19N3S/c1-24-23-26(22(17-27-23)21-10-6-3-7-11-21)25-16-18-12-14-20(15-13-18)19-8-4-2-5-9-19/h2-17H,1H3/b24-23?,25-16-. The first-order chi connectivity index (χ1) is 13.3. The average Bonchev–Trinajstić information content (AvgIpc) is 3.17. The quantitative estimate of drug-likeness (QED) is 0.437. The lowest BCUT2D eigenvalue weighted by molar-refractivity contribution is 0.848. The summed E-state index contributed by atoms with van der Waals surface area (Å²) in [6, 6.07) is 29.0. The van der Waals surface area contributed by atoms with Gasteiger partial charge in [0.05, 0.1) is 11.9 Å². The molecule has 0 radical (unpaired) electrons. The first-order valence-corrected chi connectivity index (χ1v) is 9.62. The number of benzene rings is 3. The Kier molecular flexibility index (Phi) is 5.08. The van der Waals surface area contributed by atoms with Gasteiger partial charge < -0.3 is 0 Å². The zero-order chi connectivity index (χ0) is 18.5. The molecule has 0 amide bonds. The fourth-order valence-electron chi connectivity index (χ4n) is 2.89. The molecule has 4 aromatic rings. The Hall–Kier alpha value is -3.24. The first kappa shape index (κ1) is 17.2. The van der Waals surface area contributed by atoms with Crippen LogP contribution in [-0.4, -0.2) is 17.9 Å². The molecular formula is C23H19N3S.